The van der Waals surface area contributed by atoms with Crippen LogP contribution in [0, 0.1) is 0 Å². The van der Waals surface area contributed by atoms with E-state index in [1.807, 2.05) is 0 Å². The maximum atomic E-state index is 5.02. The highest BCUT2D eigenvalue weighted by atomic mass is 32.1. The highest BCUT2D eigenvalue weighted by Crippen LogP contribution is 2.27. The molecule has 0 aliphatic heterocycles. The molecule has 0 unspecified atom stereocenters. The van der Waals surface area contributed by atoms with Crippen molar-refractivity contribution in [2.24, 2.45) is 0 Å². The lowest BCUT2D eigenvalue weighted by Gasteiger charge is -2.17. The molecule has 0 aromatic carbocycles. The third kappa shape index (κ3) is 1.69. The zero-order chi connectivity index (χ0) is 9.97. The van der Waals surface area contributed by atoms with Crippen molar-refractivity contribution in [1.29, 1.82) is 0 Å². The molecular weight excluding hydrogens is 218 g/mol. The van der Waals surface area contributed by atoms with Crippen LogP contribution in [0.5, 0.6) is 0 Å². The standard InChI is InChI=1S/C9H7NO2S2/c13-9(14)10(7-1-3-11-5-7)8-2-4-12-6-8/h1-6H,(H,13,14). The molecule has 0 bridgehead atoms. The van der Waals surface area contributed by atoms with Gasteiger partial charge in [-0.15, -0.1) is 12.6 Å². The van der Waals surface area contributed by atoms with Crippen molar-refractivity contribution in [3.05, 3.63) is 37.2 Å². The molecule has 72 valence electrons. The van der Waals surface area contributed by atoms with E-state index in [0.29, 0.717) is 4.32 Å². The Balaban J connectivity index is 2.40. The van der Waals surface area contributed by atoms with E-state index in [0.717, 1.165) is 11.4 Å². The molecule has 2 heterocycles. The van der Waals surface area contributed by atoms with Gasteiger partial charge in [0.05, 0.1) is 23.9 Å². The molecule has 0 saturated carbocycles. The van der Waals surface area contributed by atoms with Gasteiger partial charge in [0.2, 0.25) is 0 Å². The largest absolute Gasteiger partial charge is 0.470 e. The van der Waals surface area contributed by atoms with Gasteiger partial charge >= 0.3 is 0 Å². The monoisotopic (exact) mass is 225 g/mol. The van der Waals surface area contributed by atoms with E-state index in [1.165, 1.54) is 0 Å². The maximum absolute atomic E-state index is 5.02. The van der Waals surface area contributed by atoms with Crippen molar-refractivity contribution in [2.75, 3.05) is 4.90 Å². The predicted molar refractivity (Wildman–Crippen MR) is 61.1 cm³/mol. The average molecular weight is 225 g/mol. The highest BCUT2D eigenvalue weighted by Gasteiger charge is 2.13. The molecule has 0 spiro atoms. The summed E-state index contributed by atoms with van der Waals surface area (Å²) < 4.78 is 10.4. The Labute approximate surface area is 91.7 Å². The highest BCUT2D eigenvalue weighted by molar-refractivity contribution is 8.11. The van der Waals surface area contributed by atoms with Gasteiger partial charge in [-0.1, -0.05) is 12.2 Å². The summed E-state index contributed by atoms with van der Waals surface area (Å²) in [5.41, 5.74) is 1.65. The molecule has 3 nitrogen and oxygen atoms in total. The first-order valence-electron chi connectivity index (χ1n) is 3.86. The van der Waals surface area contributed by atoms with Crippen molar-refractivity contribution >= 4 is 40.5 Å². The fourth-order valence-corrected chi connectivity index (χ4v) is 1.58. The van der Waals surface area contributed by atoms with E-state index in [1.54, 1.807) is 42.1 Å². The Hall–Kier alpha value is -1.20. The molecule has 0 amide bonds. The molecule has 2 aromatic heterocycles. The Morgan fingerprint density at radius 3 is 1.93 bits per heavy atom. The van der Waals surface area contributed by atoms with E-state index in [2.05, 4.69) is 12.6 Å². The molecule has 0 atom stereocenters. The second-order valence-electron chi connectivity index (χ2n) is 2.58. The quantitative estimate of drug-likeness (QED) is 0.627. The Morgan fingerprint density at radius 2 is 1.64 bits per heavy atom. The zero-order valence-corrected chi connectivity index (χ0v) is 8.79. The van der Waals surface area contributed by atoms with E-state index < -0.39 is 0 Å². The second-order valence-corrected chi connectivity index (χ2v) is 3.69. The fraction of sp³-hybridized carbons (Fsp3) is 0. The normalized spacial score (nSPS) is 10.1. The van der Waals surface area contributed by atoms with E-state index in [-0.39, 0.29) is 0 Å². The lowest BCUT2D eigenvalue weighted by Crippen LogP contribution is -2.17. The van der Waals surface area contributed by atoms with Gasteiger partial charge in [-0.05, 0) is 0 Å². The third-order valence-corrected chi connectivity index (χ3v) is 2.10. The molecule has 0 fully saturated rings. The molecule has 0 aliphatic carbocycles. The average Bonchev–Trinajstić information content (AvgIpc) is 2.75. The van der Waals surface area contributed by atoms with Gasteiger partial charge in [0, 0.05) is 12.1 Å². The Morgan fingerprint density at radius 1 is 1.14 bits per heavy atom. The summed E-state index contributed by atoms with van der Waals surface area (Å²) >= 11 is 9.16. The first-order valence-corrected chi connectivity index (χ1v) is 4.72. The summed E-state index contributed by atoms with van der Waals surface area (Å²) in [5.74, 6) is 0. The van der Waals surface area contributed by atoms with Gasteiger partial charge in [0.25, 0.3) is 0 Å². The van der Waals surface area contributed by atoms with Gasteiger partial charge < -0.3 is 8.83 Å². The minimum atomic E-state index is 0.438. The van der Waals surface area contributed by atoms with Crippen LogP contribution in [0.1, 0.15) is 0 Å². The van der Waals surface area contributed by atoms with Crippen LogP contribution in [0.15, 0.2) is 46.0 Å². The predicted octanol–water partition coefficient (Wildman–Crippen LogP) is 3.23. The number of thiol groups is 1. The molecule has 5 heteroatoms. The van der Waals surface area contributed by atoms with Crippen molar-refractivity contribution in [3.63, 3.8) is 0 Å². The van der Waals surface area contributed by atoms with E-state index in [9.17, 15) is 0 Å². The molecular formula is C9H7NO2S2. The van der Waals surface area contributed by atoms with Gasteiger partial charge in [-0.25, -0.2) is 0 Å². The second kappa shape index (κ2) is 3.89. The number of anilines is 2. The van der Waals surface area contributed by atoms with Crippen LogP contribution in [-0.2, 0) is 0 Å². The van der Waals surface area contributed by atoms with Crippen LogP contribution in [-0.4, -0.2) is 4.32 Å². The summed E-state index contributed by atoms with van der Waals surface area (Å²) in [6.07, 6.45) is 6.34. The minimum absolute atomic E-state index is 0.438. The van der Waals surface area contributed by atoms with Gasteiger partial charge in [0.1, 0.15) is 16.8 Å². The smallest absolute Gasteiger partial charge is 0.142 e. The van der Waals surface area contributed by atoms with Crippen molar-refractivity contribution < 1.29 is 8.83 Å². The first-order chi connectivity index (χ1) is 6.79. The van der Waals surface area contributed by atoms with E-state index in [4.69, 9.17) is 21.1 Å². The van der Waals surface area contributed by atoms with Crippen LogP contribution in [0.4, 0.5) is 11.4 Å². The number of furan rings is 2. The number of hydrogen-bond acceptors (Lipinski definition) is 3. The summed E-state index contributed by atoms with van der Waals surface area (Å²) in [6.45, 7) is 0. The number of thiocarbonyl (C=S) groups is 1. The third-order valence-electron chi connectivity index (χ3n) is 1.72. The van der Waals surface area contributed by atoms with Crippen LogP contribution < -0.4 is 4.90 Å². The topological polar surface area (TPSA) is 29.5 Å². The summed E-state index contributed by atoms with van der Waals surface area (Å²) in [5, 5.41) is 0. The van der Waals surface area contributed by atoms with Gasteiger partial charge in [-0.2, -0.15) is 0 Å². The van der Waals surface area contributed by atoms with Crippen LogP contribution in [0.2, 0.25) is 0 Å². The number of nitrogens with zero attached hydrogens (tertiary/aromatic N) is 1. The van der Waals surface area contributed by atoms with Crippen molar-refractivity contribution in [1.82, 2.24) is 0 Å². The lowest BCUT2D eigenvalue weighted by molar-refractivity contribution is 0.566. The van der Waals surface area contributed by atoms with Crippen LogP contribution in [0.3, 0.4) is 0 Å². The molecule has 2 rings (SSSR count). The molecule has 0 radical (unpaired) electrons. The van der Waals surface area contributed by atoms with Crippen LogP contribution in [0.25, 0.3) is 0 Å². The summed E-state index contributed by atoms with van der Waals surface area (Å²) in [7, 11) is 0. The molecule has 2 aromatic rings. The van der Waals surface area contributed by atoms with E-state index >= 15 is 0 Å². The Bertz CT molecular complexity index is 374. The van der Waals surface area contributed by atoms with Gasteiger partial charge in [0.15, 0.2) is 0 Å². The van der Waals surface area contributed by atoms with Gasteiger partial charge in [-0.3, -0.25) is 4.90 Å². The van der Waals surface area contributed by atoms with Crippen molar-refractivity contribution in [3.8, 4) is 0 Å². The minimum Gasteiger partial charge on any atom is -0.470 e. The molecule has 0 saturated heterocycles. The zero-order valence-electron chi connectivity index (χ0n) is 7.08. The summed E-state index contributed by atoms with van der Waals surface area (Å²) in [6, 6.07) is 3.60. The van der Waals surface area contributed by atoms with Crippen molar-refractivity contribution in [2.45, 2.75) is 0 Å². The maximum Gasteiger partial charge on any atom is 0.142 e. The number of rotatable bonds is 2. The van der Waals surface area contributed by atoms with Crippen LogP contribution >= 0.6 is 24.8 Å². The number of hydrogen-bond donors (Lipinski definition) is 1. The SMILES string of the molecule is S=C(S)N(c1ccoc1)c1ccoc1. The molecule has 0 aliphatic rings. The lowest BCUT2D eigenvalue weighted by atomic mass is 10.4. The molecule has 0 N–H and O–H groups in total. The first kappa shape index (κ1) is 9.36. The summed E-state index contributed by atoms with van der Waals surface area (Å²) in [4.78, 5) is 1.74. The Kier molecular flexibility index (Phi) is 2.60. The molecule has 14 heavy (non-hydrogen) atoms. The fourth-order valence-electron chi connectivity index (χ4n) is 1.14.